The van der Waals surface area contributed by atoms with Crippen LogP contribution in [0.15, 0.2) is 18.5 Å². The molecule has 0 bridgehead atoms. The Kier molecular flexibility index (Phi) is 2.89. The van der Waals surface area contributed by atoms with E-state index < -0.39 is 0 Å². The molecule has 1 unspecified atom stereocenters. The van der Waals surface area contributed by atoms with Gasteiger partial charge in [-0.05, 0) is 25.3 Å². The number of hydrogen-bond acceptors (Lipinski definition) is 4. The molecule has 0 amide bonds. The number of nitrogens with zero attached hydrogens (tertiary/aromatic N) is 2. The lowest BCUT2D eigenvalue weighted by atomic mass is 10.2. The normalized spacial score (nSPS) is 24.9. The zero-order chi connectivity index (χ0) is 11.7. The summed E-state index contributed by atoms with van der Waals surface area (Å²) >= 11 is 0. The fourth-order valence-corrected chi connectivity index (χ4v) is 2.57. The van der Waals surface area contributed by atoms with Crippen LogP contribution in [0.4, 0.5) is 11.4 Å². The van der Waals surface area contributed by atoms with E-state index >= 15 is 0 Å². The lowest BCUT2D eigenvalue weighted by Gasteiger charge is -2.16. The minimum atomic E-state index is 0.588. The molecular formula is C13H20N4. The van der Waals surface area contributed by atoms with Crippen molar-refractivity contribution in [2.75, 3.05) is 30.8 Å². The van der Waals surface area contributed by atoms with Crippen molar-refractivity contribution in [2.45, 2.75) is 31.3 Å². The van der Waals surface area contributed by atoms with Gasteiger partial charge >= 0.3 is 0 Å². The van der Waals surface area contributed by atoms with Crippen LogP contribution in [-0.4, -0.2) is 42.1 Å². The van der Waals surface area contributed by atoms with Gasteiger partial charge in [-0.15, -0.1) is 0 Å². The maximum atomic E-state index is 4.23. The summed E-state index contributed by atoms with van der Waals surface area (Å²) in [7, 11) is 1.92. The molecule has 17 heavy (non-hydrogen) atoms. The number of pyridine rings is 1. The summed E-state index contributed by atoms with van der Waals surface area (Å²) in [5.74, 6) is 0. The van der Waals surface area contributed by atoms with Gasteiger partial charge in [-0.2, -0.15) is 0 Å². The van der Waals surface area contributed by atoms with Gasteiger partial charge in [0.2, 0.25) is 0 Å². The van der Waals surface area contributed by atoms with Crippen LogP contribution in [0.25, 0.3) is 0 Å². The summed E-state index contributed by atoms with van der Waals surface area (Å²) in [6, 6.07) is 3.60. The van der Waals surface area contributed by atoms with Gasteiger partial charge in [0, 0.05) is 32.2 Å². The van der Waals surface area contributed by atoms with E-state index in [2.05, 4.69) is 26.6 Å². The third-order valence-electron chi connectivity index (χ3n) is 3.68. The molecule has 0 spiro atoms. The molecule has 2 N–H and O–H groups in total. The number of rotatable bonds is 4. The van der Waals surface area contributed by atoms with Gasteiger partial charge in [0.15, 0.2) is 0 Å². The predicted molar refractivity (Wildman–Crippen MR) is 70.4 cm³/mol. The summed E-state index contributed by atoms with van der Waals surface area (Å²) < 4.78 is 0. The van der Waals surface area contributed by atoms with Crippen molar-refractivity contribution in [3.63, 3.8) is 0 Å². The van der Waals surface area contributed by atoms with Crippen LogP contribution in [0.2, 0.25) is 0 Å². The van der Waals surface area contributed by atoms with E-state index in [1.54, 1.807) is 0 Å². The molecule has 4 nitrogen and oxygen atoms in total. The van der Waals surface area contributed by atoms with Crippen LogP contribution in [0.1, 0.15) is 19.3 Å². The average Bonchev–Trinajstić information content (AvgIpc) is 3.11. The fourth-order valence-electron chi connectivity index (χ4n) is 2.57. The first kappa shape index (κ1) is 10.8. The smallest absolute Gasteiger partial charge is 0.0550 e. The second-order valence-electron chi connectivity index (χ2n) is 5.07. The van der Waals surface area contributed by atoms with Gasteiger partial charge < -0.3 is 10.6 Å². The Morgan fingerprint density at radius 2 is 2.06 bits per heavy atom. The number of nitrogens with one attached hydrogen (secondary N) is 2. The highest BCUT2D eigenvalue weighted by Gasteiger charge is 2.34. The Labute approximate surface area is 102 Å². The highest BCUT2D eigenvalue weighted by molar-refractivity contribution is 5.54. The van der Waals surface area contributed by atoms with Crippen molar-refractivity contribution in [3.05, 3.63) is 18.5 Å². The molecule has 1 saturated heterocycles. The largest absolute Gasteiger partial charge is 0.387 e. The summed E-state index contributed by atoms with van der Waals surface area (Å²) in [6.45, 7) is 2.44. The van der Waals surface area contributed by atoms with Gasteiger partial charge in [-0.1, -0.05) is 0 Å². The van der Waals surface area contributed by atoms with Gasteiger partial charge in [-0.3, -0.25) is 9.88 Å². The van der Waals surface area contributed by atoms with E-state index in [-0.39, 0.29) is 0 Å². The molecule has 1 saturated carbocycles. The van der Waals surface area contributed by atoms with E-state index in [1.807, 2.05) is 19.4 Å². The minimum Gasteiger partial charge on any atom is -0.387 e. The second kappa shape index (κ2) is 4.53. The Bertz CT molecular complexity index is 389. The average molecular weight is 232 g/mol. The number of anilines is 2. The summed E-state index contributed by atoms with van der Waals surface area (Å²) in [5, 5.41) is 6.70. The summed E-state index contributed by atoms with van der Waals surface area (Å²) in [4.78, 5) is 6.84. The number of likely N-dealkylation sites (tertiary alicyclic amines) is 1. The Morgan fingerprint density at radius 1 is 1.24 bits per heavy atom. The molecular weight excluding hydrogens is 212 g/mol. The van der Waals surface area contributed by atoms with Gasteiger partial charge in [0.1, 0.15) is 0 Å². The molecule has 4 heteroatoms. The van der Waals surface area contributed by atoms with Crippen LogP contribution in [0, 0.1) is 0 Å². The molecule has 1 aromatic rings. The van der Waals surface area contributed by atoms with Crippen molar-refractivity contribution >= 4 is 11.4 Å². The molecule has 2 aliphatic rings. The Balaban J connectivity index is 1.59. The zero-order valence-corrected chi connectivity index (χ0v) is 10.3. The summed E-state index contributed by atoms with van der Waals surface area (Å²) in [6.07, 6.45) is 7.81. The molecule has 1 aromatic heterocycles. The molecule has 1 atom stereocenters. The lowest BCUT2D eigenvalue weighted by molar-refractivity contribution is 0.326. The quantitative estimate of drug-likeness (QED) is 0.830. The van der Waals surface area contributed by atoms with Crippen LogP contribution in [0.5, 0.6) is 0 Å². The van der Waals surface area contributed by atoms with E-state index in [0.717, 1.165) is 17.4 Å². The van der Waals surface area contributed by atoms with Gasteiger partial charge in [-0.25, -0.2) is 0 Å². The van der Waals surface area contributed by atoms with Crippen molar-refractivity contribution in [1.29, 1.82) is 0 Å². The highest BCUT2D eigenvalue weighted by atomic mass is 15.2. The van der Waals surface area contributed by atoms with E-state index in [9.17, 15) is 0 Å². The molecule has 0 aromatic carbocycles. The molecule has 1 aliphatic carbocycles. The van der Waals surface area contributed by atoms with Crippen LogP contribution in [0.3, 0.4) is 0 Å². The maximum absolute atomic E-state index is 4.23. The Morgan fingerprint density at radius 3 is 2.82 bits per heavy atom. The predicted octanol–water partition coefficient (Wildman–Crippen LogP) is 1.77. The zero-order valence-electron chi connectivity index (χ0n) is 10.3. The SMILES string of the molecule is CNc1cncc(NC2CCN(C3CC3)C2)c1. The first-order valence-corrected chi connectivity index (χ1v) is 6.48. The fraction of sp³-hybridized carbons (Fsp3) is 0.615. The molecule has 2 fully saturated rings. The van der Waals surface area contributed by atoms with Gasteiger partial charge in [0.05, 0.1) is 23.8 Å². The maximum Gasteiger partial charge on any atom is 0.0550 e. The molecule has 3 rings (SSSR count). The number of aromatic nitrogens is 1. The van der Waals surface area contributed by atoms with Crippen LogP contribution >= 0.6 is 0 Å². The highest BCUT2D eigenvalue weighted by Crippen LogP contribution is 2.30. The van der Waals surface area contributed by atoms with Crippen molar-refractivity contribution < 1.29 is 0 Å². The lowest BCUT2D eigenvalue weighted by Crippen LogP contribution is -2.27. The molecule has 2 heterocycles. The summed E-state index contributed by atoms with van der Waals surface area (Å²) in [5.41, 5.74) is 2.19. The van der Waals surface area contributed by atoms with Crippen molar-refractivity contribution in [3.8, 4) is 0 Å². The van der Waals surface area contributed by atoms with E-state index in [4.69, 9.17) is 0 Å². The van der Waals surface area contributed by atoms with E-state index in [0.29, 0.717) is 6.04 Å². The van der Waals surface area contributed by atoms with Crippen LogP contribution < -0.4 is 10.6 Å². The Hall–Kier alpha value is -1.29. The number of hydrogen-bond donors (Lipinski definition) is 2. The van der Waals surface area contributed by atoms with Crippen molar-refractivity contribution in [2.24, 2.45) is 0 Å². The van der Waals surface area contributed by atoms with Crippen LogP contribution in [-0.2, 0) is 0 Å². The third-order valence-corrected chi connectivity index (χ3v) is 3.68. The minimum absolute atomic E-state index is 0.588. The third kappa shape index (κ3) is 2.52. The van der Waals surface area contributed by atoms with E-state index in [1.165, 1.54) is 32.4 Å². The monoisotopic (exact) mass is 232 g/mol. The topological polar surface area (TPSA) is 40.2 Å². The first-order valence-electron chi connectivity index (χ1n) is 6.48. The van der Waals surface area contributed by atoms with Crippen molar-refractivity contribution in [1.82, 2.24) is 9.88 Å². The molecule has 92 valence electrons. The van der Waals surface area contributed by atoms with Gasteiger partial charge in [0.25, 0.3) is 0 Å². The molecule has 1 aliphatic heterocycles. The molecule has 0 radical (unpaired) electrons. The standard InChI is InChI=1S/C13H20N4/c1-14-11-6-12(8-15-7-11)16-10-4-5-17(9-10)13-2-3-13/h6-8,10,13-14,16H,2-5,9H2,1H3. The second-order valence-corrected chi connectivity index (χ2v) is 5.07. The first-order chi connectivity index (χ1) is 8.35.